The van der Waals surface area contributed by atoms with Crippen molar-refractivity contribution in [1.82, 2.24) is 0 Å². The summed E-state index contributed by atoms with van der Waals surface area (Å²) in [5.74, 6) is -0.935. The van der Waals surface area contributed by atoms with E-state index in [1.54, 1.807) is 36.4 Å². The minimum Gasteiger partial charge on any atom is -0.207 e. The molecule has 4 rings (SSSR count). The highest BCUT2D eigenvalue weighted by molar-refractivity contribution is 5.94. The lowest BCUT2D eigenvalue weighted by Gasteiger charge is -2.16. The lowest BCUT2D eigenvalue weighted by Crippen LogP contribution is -1.91. The molecule has 0 saturated carbocycles. The topological polar surface area (TPSA) is 0 Å². The first-order chi connectivity index (χ1) is 13.1. The fraction of sp³-hybridized carbons (Fsp3) is 0. The zero-order chi connectivity index (χ0) is 18.8. The monoisotopic (exact) mass is 360 g/mol. The minimum absolute atomic E-state index is 0.309. The van der Waals surface area contributed by atoms with Gasteiger partial charge in [0.2, 0.25) is 0 Å². The summed E-state index contributed by atoms with van der Waals surface area (Å²) in [5.41, 5.74) is 5.19. The summed E-state index contributed by atoms with van der Waals surface area (Å²) in [5, 5.41) is 0. The molecule has 0 nitrogen and oxygen atoms in total. The van der Waals surface area contributed by atoms with Gasteiger partial charge in [0.15, 0.2) is 0 Å². The van der Waals surface area contributed by atoms with Crippen LogP contribution in [-0.2, 0) is 0 Å². The second-order valence-electron chi connectivity index (χ2n) is 6.25. The van der Waals surface area contributed by atoms with Gasteiger partial charge in [-0.15, -0.1) is 0 Å². The van der Waals surface area contributed by atoms with Crippen LogP contribution in [0, 0.1) is 17.5 Å². The molecule has 4 aromatic carbocycles. The molecule has 0 heterocycles. The van der Waals surface area contributed by atoms with Crippen LogP contribution in [0.3, 0.4) is 0 Å². The molecule has 0 atom stereocenters. The third-order valence-electron chi connectivity index (χ3n) is 4.51. The van der Waals surface area contributed by atoms with Crippen molar-refractivity contribution in [2.24, 2.45) is 0 Å². The molecule has 132 valence electrons. The second-order valence-corrected chi connectivity index (χ2v) is 6.25. The maximum atomic E-state index is 13.5. The zero-order valence-electron chi connectivity index (χ0n) is 14.3. The first-order valence-corrected chi connectivity index (χ1v) is 8.53. The predicted molar refractivity (Wildman–Crippen MR) is 103 cm³/mol. The normalized spacial score (nSPS) is 10.8. The molecular formula is C24H15F3. The third-order valence-corrected chi connectivity index (χ3v) is 4.51. The van der Waals surface area contributed by atoms with Crippen LogP contribution in [0.5, 0.6) is 0 Å². The summed E-state index contributed by atoms with van der Waals surface area (Å²) < 4.78 is 40.2. The Morgan fingerprint density at radius 1 is 0.370 bits per heavy atom. The lowest BCUT2D eigenvalue weighted by molar-refractivity contribution is 0.627. The van der Waals surface area contributed by atoms with Crippen LogP contribution in [0.15, 0.2) is 91.0 Å². The molecule has 0 spiro atoms. The van der Waals surface area contributed by atoms with Crippen LogP contribution < -0.4 is 0 Å². The van der Waals surface area contributed by atoms with Crippen molar-refractivity contribution >= 4 is 0 Å². The van der Waals surface area contributed by atoms with Crippen LogP contribution in [0.1, 0.15) is 0 Å². The standard InChI is InChI=1S/C24H15F3/c25-19-10-4-16(5-11-19)22-2-1-3-23(17-6-12-20(26)13-7-17)24(22)18-8-14-21(27)15-9-18/h1-15H. The first-order valence-electron chi connectivity index (χ1n) is 8.53. The van der Waals surface area contributed by atoms with Crippen molar-refractivity contribution in [2.45, 2.75) is 0 Å². The maximum absolute atomic E-state index is 13.5. The molecule has 0 N–H and O–H groups in total. The van der Waals surface area contributed by atoms with Gasteiger partial charge in [0.1, 0.15) is 17.5 Å². The van der Waals surface area contributed by atoms with E-state index in [0.717, 1.165) is 33.4 Å². The van der Waals surface area contributed by atoms with E-state index in [1.165, 1.54) is 36.4 Å². The Kier molecular flexibility index (Phi) is 4.51. The van der Waals surface area contributed by atoms with Gasteiger partial charge >= 0.3 is 0 Å². The molecular weight excluding hydrogens is 345 g/mol. The maximum Gasteiger partial charge on any atom is 0.123 e. The van der Waals surface area contributed by atoms with E-state index >= 15 is 0 Å². The Balaban J connectivity index is 1.99. The van der Waals surface area contributed by atoms with E-state index in [9.17, 15) is 13.2 Å². The third kappa shape index (κ3) is 3.49. The average Bonchev–Trinajstić information content (AvgIpc) is 2.69. The lowest BCUT2D eigenvalue weighted by atomic mass is 9.87. The Hall–Kier alpha value is -3.33. The highest BCUT2D eigenvalue weighted by Crippen LogP contribution is 2.40. The average molecular weight is 360 g/mol. The van der Waals surface area contributed by atoms with Crippen molar-refractivity contribution in [3.63, 3.8) is 0 Å². The minimum atomic E-state index is -0.318. The smallest absolute Gasteiger partial charge is 0.123 e. The summed E-state index contributed by atoms with van der Waals surface area (Å²) in [6.07, 6.45) is 0. The van der Waals surface area contributed by atoms with Crippen LogP contribution in [-0.4, -0.2) is 0 Å². The fourth-order valence-corrected chi connectivity index (χ4v) is 3.22. The van der Waals surface area contributed by atoms with Crippen LogP contribution in [0.2, 0.25) is 0 Å². The molecule has 0 aliphatic carbocycles. The van der Waals surface area contributed by atoms with Gasteiger partial charge in [0.05, 0.1) is 0 Å². The predicted octanol–water partition coefficient (Wildman–Crippen LogP) is 7.10. The van der Waals surface area contributed by atoms with Crippen molar-refractivity contribution in [3.05, 3.63) is 108 Å². The van der Waals surface area contributed by atoms with Crippen molar-refractivity contribution in [3.8, 4) is 33.4 Å². The number of halogens is 3. The fourth-order valence-electron chi connectivity index (χ4n) is 3.22. The van der Waals surface area contributed by atoms with E-state index in [-0.39, 0.29) is 17.5 Å². The highest BCUT2D eigenvalue weighted by Gasteiger charge is 2.14. The number of hydrogen-bond donors (Lipinski definition) is 0. The number of hydrogen-bond acceptors (Lipinski definition) is 0. The van der Waals surface area contributed by atoms with E-state index in [2.05, 4.69) is 0 Å². The molecule has 3 heteroatoms. The highest BCUT2D eigenvalue weighted by atomic mass is 19.1. The van der Waals surface area contributed by atoms with Gasteiger partial charge in [0.25, 0.3) is 0 Å². The van der Waals surface area contributed by atoms with Gasteiger partial charge in [-0.2, -0.15) is 0 Å². The van der Waals surface area contributed by atoms with Crippen LogP contribution in [0.25, 0.3) is 33.4 Å². The van der Waals surface area contributed by atoms with Gasteiger partial charge in [-0.25, -0.2) is 13.2 Å². The van der Waals surface area contributed by atoms with E-state index < -0.39 is 0 Å². The van der Waals surface area contributed by atoms with E-state index in [1.807, 2.05) is 18.2 Å². The van der Waals surface area contributed by atoms with Crippen molar-refractivity contribution in [1.29, 1.82) is 0 Å². The quantitative estimate of drug-likeness (QED) is 0.365. The first kappa shape index (κ1) is 17.1. The van der Waals surface area contributed by atoms with Gasteiger partial charge in [-0.3, -0.25) is 0 Å². The van der Waals surface area contributed by atoms with Gasteiger partial charge in [-0.05, 0) is 69.8 Å². The van der Waals surface area contributed by atoms with Gasteiger partial charge in [0, 0.05) is 0 Å². The Morgan fingerprint density at radius 2 is 0.704 bits per heavy atom. The molecule has 0 aliphatic heterocycles. The summed E-state index contributed by atoms with van der Waals surface area (Å²) in [6, 6.07) is 24.5. The van der Waals surface area contributed by atoms with Crippen molar-refractivity contribution in [2.75, 3.05) is 0 Å². The van der Waals surface area contributed by atoms with Crippen LogP contribution >= 0.6 is 0 Å². The van der Waals surface area contributed by atoms with E-state index in [4.69, 9.17) is 0 Å². The SMILES string of the molecule is Fc1ccc(-c2cccc(-c3ccc(F)cc3)c2-c2ccc(F)cc2)cc1. The summed E-state index contributed by atoms with van der Waals surface area (Å²) in [6.45, 7) is 0. The molecule has 0 amide bonds. The van der Waals surface area contributed by atoms with Gasteiger partial charge in [-0.1, -0.05) is 54.6 Å². The summed E-state index contributed by atoms with van der Waals surface area (Å²) in [4.78, 5) is 0. The van der Waals surface area contributed by atoms with Crippen LogP contribution in [0.4, 0.5) is 13.2 Å². The van der Waals surface area contributed by atoms with Crippen molar-refractivity contribution < 1.29 is 13.2 Å². The molecule has 0 aromatic heterocycles. The van der Waals surface area contributed by atoms with Gasteiger partial charge < -0.3 is 0 Å². The number of rotatable bonds is 3. The molecule has 0 fully saturated rings. The largest absolute Gasteiger partial charge is 0.207 e. The molecule has 0 aliphatic rings. The molecule has 0 radical (unpaired) electrons. The Labute approximate surface area is 155 Å². The molecule has 0 unspecified atom stereocenters. The number of benzene rings is 4. The van der Waals surface area contributed by atoms with E-state index in [0.29, 0.717) is 0 Å². The molecule has 0 saturated heterocycles. The Morgan fingerprint density at radius 3 is 1.07 bits per heavy atom. The molecule has 0 bridgehead atoms. The molecule has 4 aromatic rings. The summed E-state index contributed by atoms with van der Waals surface area (Å²) in [7, 11) is 0. The molecule has 27 heavy (non-hydrogen) atoms. The Bertz CT molecular complexity index is 1000. The summed E-state index contributed by atoms with van der Waals surface area (Å²) >= 11 is 0. The second kappa shape index (κ2) is 7.12. The zero-order valence-corrected chi connectivity index (χ0v) is 14.3.